The highest BCUT2D eigenvalue weighted by molar-refractivity contribution is 7.86. The zero-order chi connectivity index (χ0) is 28.1. The number of hydrogen-bond acceptors (Lipinski definition) is 7. The summed E-state index contributed by atoms with van der Waals surface area (Å²) < 4.78 is 48.3. The summed E-state index contributed by atoms with van der Waals surface area (Å²) in [4.78, 5) is 0. The topological polar surface area (TPSA) is 94.1 Å². The van der Waals surface area contributed by atoms with Crippen molar-refractivity contribution in [1.29, 1.82) is 0 Å². The molecule has 2 heterocycles. The molecule has 0 radical (unpaired) electrons. The van der Waals surface area contributed by atoms with Gasteiger partial charge >= 0.3 is 0 Å². The van der Waals surface area contributed by atoms with Crippen LogP contribution >= 0.6 is 11.3 Å². The average molecular weight is 578 g/mol. The van der Waals surface area contributed by atoms with Gasteiger partial charge in [0.1, 0.15) is 6.61 Å². The highest BCUT2D eigenvalue weighted by Crippen LogP contribution is 2.35. The van der Waals surface area contributed by atoms with Crippen LogP contribution in [0, 0.1) is 5.92 Å². The predicted molar refractivity (Wildman–Crippen MR) is 159 cm³/mol. The largest absolute Gasteiger partial charge is 0.485 e. The maximum absolute atomic E-state index is 11.2. The molecule has 9 heteroatoms. The Morgan fingerprint density at radius 3 is 2.05 bits per heavy atom. The first-order valence-corrected chi connectivity index (χ1v) is 17.3. The zero-order valence-electron chi connectivity index (χ0n) is 24.4. The fourth-order valence-electron chi connectivity index (χ4n) is 4.37. The average Bonchev–Trinajstić information content (AvgIpc) is 3.34. The molecular formula is C29H55NO6S2. The molecule has 2 unspecified atom stereocenters. The molecule has 0 spiro atoms. The Morgan fingerprint density at radius 2 is 1.50 bits per heavy atom. The van der Waals surface area contributed by atoms with Gasteiger partial charge in [-0.25, -0.2) is 0 Å². The van der Waals surface area contributed by atoms with Crippen LogP contribution in [0.2, 0.25) is 0 Å². The number of nitrogens with one attached hydrogen (secondary N) is 1. The molecule has 0 bridgehead atoms. The number of unbranched alkanes of at least 4 members (excludes halogenated alkanes) is 10. The lowest BCUT2D eigenvalue weighted by Crippen LogP contribution is -2.34. The smallest absolute Gasteiger partial charge is 0.268 e. The van der Waals surface area contributed by atoms with E-state index < -0.39 is 15.4 Å². The summed E-state index contributed by atoms with van der Waals surface area (Å²) in [5, 5.41) is 6.52. The SMILES string of the molecule is CC(C)C(CCOCC1COc2cscc2O1)S(=O)(=O)O.CCCCCCCCNCCCCCCCC. The first kappa shape index (κ1) is 35.2. The van der Waals surface area contributed by atoms with Crippen LogP contribution in [-0.2, 0) is 14.9 Å². The van der Waals surface area contributed by atoms with Crippen LogP contribution in [0.3, 0.4) is 0 Å². The third-order valence-electron chi connectivity index (χ3n) is 6.70. The Morgan fingerprint density at radius 1 is 0.947 bits per heavy atom. The Balaban J connectivity index is 0.000000391. The maximum Gasteiger partial charge on any atom is 0.268 e. The monoisotopic (exact) mass is 577 g/mol. The van der Waals surface area contributed by atoms with E-state index in [0.717, 1.165) is 11.5 Å². The standard InChI is InChI=1S/C16H35N.C13H20O6S2/c1-3-5-7-9-11-13-15-17-16-14-12-10-8-6-4-2;1-9(2)13(21(14,15)16)3-4-17-5-10-6-18-11-7-20-8-12(11)19-10/h17H,3-16H2,1-2H3;7-10,13H,3-6H2,1-2H3,(H,14,15,16). The molecule has 0 aliphatic carbocycles. The van der Waals surface area contributed by atoms with Gasteiger partial charge in [0.15, 0.2) is 17.6 Å². The number of rotatable bonds is 21. The number of thiophene rings is 1. The highest BCUT2D eigenvalue weighted by atomic mass is 32.2. The molecular weight excluding hydrogens is 522 g/mol. The summed E-state index contributed by atoms with van der Waals surface area (Å²) in [5.74, 6) is 1.31. The third-order valence-corrected chi connectivity index (χ3v) is 8.95. The predicted octanol–water partition coefficient (Wildman–Crippen LogP) is 7.50. The van der Waals surface area contributed by atoms with Crippen LogP contribution in [-0.4, -0.2) is 57.2 Å². The van der Waals surface area contributed by atoms with Crippen molar-refractivity contribution in [3.05, 3.63) is 10.8 Å². The van der Waals surface area contributed by atoms with E-state index in [1.807, 2.05) is 10.8 Å². The fraction of sp³-hybridized carbons (Fsp3) is 0.862. The van der Waals surface area contributed by atoms with Crippen molar-refractivity contribution in [3.8, 4) is 11.5 Å². The summed E-state index contributed by atoms with van der Waals surface area (Å²) >= 11 is 1.51. The summed E-state index contributed by atoms with van der Waals surface area (Å²) in [5.41, 5.74) is 0. The van der Waals surface area contributed by atoms with Crippen molar-refractivity contribution in [2.45, 2.75) is 123 Å². The molecule has 2 rings (SSSR count). The van der Waals surface area contributed by atoms with Crippen molar-refractivity contribution in [1.82, 2.24) is 5.32 Å². The van der Waals surface area contributed by atoms with Gasteiger partial charge in [0.25, 0.3) is 10.1 Å². The minimum absolute atomic E-state index is 0.161. The Hall–Kier alpha value is -0.870. The first-order valence-electron chi connectivity index (χ1n) is 14.9. The minimum Gasteiger partial charge on any atom is -0.485 e. The molecule has 224 valence electrons. The Bertz CT molecular complexity index is 770. The second-order valence-corrected chi connectivity index (χ2v) is 13.0. The van der Waals surface area contributed by atoms with E-state index in [4.69, 9.17) is 18.8 Å². The molecule has 0 aromatic carbocycles. The van der Waals surface area contributed by atoms with Crippen LogP contribution in [0.4, 0.5) is 0 Å². The van der Waals surface area contributed by atoms with Gasteiger partial charge < -0.3 is 19.5 Å². The molecule has 1 aromatic heterocycles. The fourth-order valence-corrected chi connectivity index (χ4v) is 6.12. The van der Waals surface area contributed by atoms with E-state index in [0.29, 0.717) is 13.2 Å². The van der Waals surface area contributed by atoms with Crippen molar-refractivity contribution >= 4 is 21.5 Å². The molecule has 38 heavy (non-hydrogen) atoms. The molecule has 0 saturated carbocycles. The van der Waals surface area contributed by atoms with Crippen LogP contribution in [0.5, 0.6) is 11.5 Å². The molecule has 2 N–H and O–H groups in total. The van der Waals surface area contributed by atoms with Crippen LogP contribution < -0.4 is 14.8 Å². The lowest BCUT2D eigenvalue weighted by atomic mass is 10.1. The molecule has 7 nitrogen and oxygen atoms in total. The first-order chi connectivity index (χ1) is 18.3. The summed E-state index contributed by atoms with van der Waals surface area (Å²) in [6, 6.07) is 0. The molecule has 0 fully saturated rings. The van der Waals surface area contributed by atoms with E-state index in [1.54, 1.807) is 13.8 Å². The van der Waals surface area contributed by atoms with Crippen molar-refractivity contribution in [2.75, 3.05) is 32.9 Å². The Kier molecular flexibility index (Phi) is 20.3. The van der Waals surface area contributed by atoms with Crippen LogP contribution in [0.25, 0.3) is 0 Å². The molecule has 1 aromatic rings. The van der Waals surface area contributed by atoms with Gasteiger partial charge in [0.2, 0.25) is 0 Å². The van der Waals surface area contributed by atoms with Crippen molar-refractivity contribution < 1.29 is 27.2 Å². The van der Waals surface area contributed by atoms with Crippen LogP contribution in [0.15, 0.2) is 10.8 Å². The number of fused-ring (bicyclic) bond motifs is 1. The van der Waals surface area contributed by atoms with Crippen molar-refractivity contribution in [3.63, 3.8) is 0 Å². The van der Waals surface area contributed by atoms with Gasteiger partial charge in [0.05, 0.1) is 11.9 Å². The minimum atomic E-state index is -4.04. The quantitative estimate of drug-likeness (QED) is 0.115. The summed E-state index contributed by atoms with van der Waals surface area (Å²) in [6.07, 6.45) is 17.0. The second-order valence-electron chi connectivity index (χ2n) is 10.6. The Labute approximate surface area is 237 Å². The number of ether oxygens (including phenoxy) is 3. The van der Waals surface area contributed by atoms with Crippen molar-refractivity contribution in [2.24, 2.45) is 5.92 Å². The zero-order valence-corrected chi connectivity index (χ0v) is 26.1. The van der Waals surface area contributed by atoms with Gasteiger partial charge in [-0.15, -0.1) is 11.3 Å². The molecule has 1 aliphatic rings. The van der Waals surface area contributed by atoms with E-state index in [2.05, 4.69) is 19.2 Å². The molecule has 2 atom stereocenters. The van der Waals surface area contributed by atoms with E-state index >= 15 is 0 Å². The van der Waals surface area contributed by atoms with Gasteiger partial charge in [-0.2, -0.15) is 8.42 Å². The lowest BCUT2D eigenvalue weighted by Gasteiger charge is -2.24. The molecule has 1 aliphatic heterocycles. The summed E-state index contributed by atoms with van der Waals surface area (Å²) in [7, 11) is -4.04. The number of hydrogen-bond donors (Lipinski definition) is 2. The van der Waals surface area contributed by atoms with E-state index in [1.165, 1.54) is 101 Å². The van der Waals surface area contributed by atoms with Gasteiger partial charge in [-0.05, 0) is 38.3 Å². The maximum atomic E-state index is 11.2. The summed E-state index contributed by atoms with van der Waals surface area (Å²) in [6.45, 7) is 11.5. The lowest BCUT2D eigenvalue weighted by molar-refractivity contribution is 0.00809. The van der Waals surface area contributed by atoms with Crippen LogP contribution in [0.1, 0.15) is 111 Å². The van der Waals surface area contributed by atoms with Gasteiger partial charge in [-0.3, -0.25) is 4.55 Å². The normalized spacial score (nSPS) is 15.8. The highest BCUT2D eigenvalue weighted by Gasteiger charge is 2.27. The molecule has 0 saturated heterocycles. The van der Waals surface area contributed by atoms with E-state index in [9.17, 15) is 8.42 Å². The molecule has 0 amide bonds. The van der Waals surface area contributed by atoms with Gasteiger partial charge in [0, 0.05) is 17.4 Å². The van der Waals surface area contributed by atoms with Gasteiger partial charge in [-0.1, -0.05) is 91.9 Å². The van der Waals surface area contributed by atoms with E-state index in [-0.39, 0.29) is 25.0 Å². The third kappa shape index (κ3) is 17.0. The second kappa shape index (κ2) is 21.9.